The average Bonchev–Trinajstić information content (AvgIpc) is 2.75. The largest absolute Gasteiger partial charge is 0.461 e. The van der Waals surface area contributed by atoms with Gasteiger partial charge in [0.05, 0.1) is 25.7 Å². The van der Waals surface area contributed by atoms with Crippen LogP contribution in [0.15, 0.2) is 5.16 Å². The summed E-state index contributed by atoms with van der Waals surface area (Å²) in [6, 6.07) is 0. The van der Waals surface area contributed by atoms with Crippen LogP contribution in [0.4, 0.5) is 0 Å². The molecule has 16 heavy (non-hydrogen) atoms. The number of rotatable bonds is 5. The summed E-state index contributed by atoms with van der Waals surface area (Å²) in [5.41, 5.74) is -0.107. The Morgan fingerprint density at radius 3 is 2.56 bits per heavy atom. The van der Waals surface area contributed by atoms with Gasteiger partial charge in [-0.2, -0.15) is 0 Å². The normalized spacial score (nSPS) is 19.6. The Hall–Kier alpha value is -0.850. The fourth-order valence-corrected chi connectivity index (χ4v) is 1.57. The van der Waals surface area contributed by atoms with Crippen LogP contribution in [0, 0.1) is 0 Å². The molecule has 1 aliphatic rings. The van der Waals surface area contributed by atoms with Gasteiger partial charge in [0.25, 0.3) is 0 Å². The Morgan fingerprint density at radius 2 is 2.12 bits per heavy atom. The van der Waals surface area contributed by atoms with Crippen molar-refractivity contribution < 1.29 is 23.8 Å². The molecule has 0 radical (unpaired) electrons. The van der Waals surface area contributed by atoms with Crippen LogP contribution in [0.5, 0.6) is 0 Å². The summed E-state index contributed by atoms with van der Waals surface area (Å²) in [5.74, 6) is -2.08. The molecule has 0 aliphatic carbocycles. The molecule has 1 heterocycles. The molecule has 0 aromatic rings. The molecule has 92 valence electrons. The standard InChI is InChI=1S/C9H14ClNO5/c1-3-14-8(12)7(11-13-2)9(6-10)15-4-5-16-9/h3-6H2,1-2H3/b11-7+. The number of halogens is 1. The van der Waals surface area contributed by atoms with E-state index in [0.29, 0.717) is 13.2 Å². The fourth-order valence-electron chi connectivity index (χ4n) is 1.28. The Labute approximate surface area is 98.4 Å². The van der Waals surface area contributed by atoms with Gasteiger partial charge < -0.3 is 19.0 Å². The second-order valence-corrected chi connectivity index (χ2v) is 3.19. The van der Waals surface area contributed by atoms with E-state index in [1.165, 1.54) is 7.11 Å². The summed E-state index contributed by atoms with van der Waals surface area (Å²) in [6.07, 6.45) is 0. The van der Waals surface area contributed by atoms with Crippen LogP contribution >= 0.6 is 11.6 Å². The number of carbonyl (C=O) groups excluding carboxylic acids is 1. The van der Waals surface area contributed by atoms with Gasteiger partial charge in [-0.3, -0.25) is 0 Å². The lowest BCUT2D eigenvalue weighted by Crippen LogP contribution is -2.47. The molecule has 7 heteroatoms. The fraction of sp³-hybridized carbons (Fsp3) is 0.778. The minimum Gasteiger partial charge on any atom is -0.461 e. The first-order valence-corrected chi connectivity index (χ1v) is 5.36. The van der Waals surface area contributed by atoms with Gasteiger partial charge in [-0.15, -0.1) is 11.6 Å². The van der Waals surface area contributed by atoms with Crippen LogP contribution in [0.25, 0.3) is 0 Å². The van der Waals surface area contributed by atoms with Crippen molar-refractivity contribution in [2.45, 2.75) is 12.7 Å². The molecule has 0 amide bonds. The summed E-state index contributed by atoms with van der Waals surface area (Å²) in [7, 11) is 1.32. The van der Waals surface area contributed by atoms with E-state index in [2.05, 4.69) is 9.99 Å². The molecular formula is C9H14ClNO5. The summed E-state index contributed by atoms with van der Waals surface area (Å²) in [4.78, 5) is 16.2. The van der Waals surface area contributed by atoms with Crippen LogP contribution in [0.1, 0.15) is 6.92 Å². The number of hydrogen-bond donors (Lipinski definition) is 0. The maximum Gasteiger partial charge on any atom is 0.361 e. The number of nitrogens with zero attached hydrogens (tertiary/aromatic N) is 1. The van der Waals surface area contributed by atoms with Crippen LogP contribution in [-0.4, -0.2) is 50.3 Å². The number of ether oxygens (including phenoxy) is 3. The molecule has 0 unspecified atom stereocenters. The van der Waals surface area contributed by atoms with Gasteiger partial charge in [0.1, 0.15) is 7.11 Å². The second kappa shape index (κ2) is 6.03. The van der Waals surface area contributed by atoms with Crippen LogP contribution in [0.2, 0.25) is 0 Å². The Morgan fingerprint density at radius 1 is 1.50 bits per heavy atom. The van der Waals surface area contributed by atoms with E-state index in [0.717, 1.165) is 0 Å². The number of alkyl halides is 1. The van der Waals surface area contributed by atoms with Gasteiger partial charge in [0.2, 0.25) is 11.5 Å². The lowest BCUT2D eigenvalue weighted by Gasteiger charge is -2.24. The van der Waals surface area contributed by atoms with E-state index in [-0.39, 0.29) is 18.2 Å². The zero-order chi connectivity index (χ0) is 12.0. The molecule has 0 N–H and O–H groups in total. The van der Waals surface area contributed by atoms with Crippen LogP contribution in [0.3, 0.4) is 0 Å². The Bertz CT molecular complexity index is 275. The molecule has 0 bridgehead atoms. The van der Waals surface area contributed by atoms with E-state index >= 15 is 0 Å². The molecule has 6 nitrogen and oxygen atoms in total. The minimum atomic E-state index is -1.36. The maximum atomic E-state index is 11.6. The highest BCUT2D eigenvalue weighted by molar-refractivity contribution is 6.41. The second-order valence-electron chi connectivity index (χ2n) is 2.93. The van der Waals surface area contributed by atoms with Gasteiger partial charge in [-0.25, -0.2) is 4.79 Å². The third kappa shape index (κ3) is 2.63. The smallest absolute Gasteiger partial charge is 0.361 e. The molecule has 0 aromatic carbocycles. The average molecular weight is 252 g/mol. The molecule has 0 aromatic heterocycles. The van der Waals surface area contributed by atoms with Crippen molar-refractivity contribution in [2.24, 2.45) is 5.16 Å². The maximum absolute atomic E-state index is 11.6. The highest BCUT2D eigenvalue weighted by Crippen LogP contribution is 2.24. The zero-order valence-electron chi connectivity index (χ0n) is 9.19. The minimum absolute atomic E-state index is 0.0615. The predicted molar refractivity (Wildman–Crippen MR) is 56.4 cm³/mol. The monoisotopic (exact) mass is 251 g/mol. The summed E-state index contributed by atoms with van der Waals surface area (Å²) in [6.45, 7) is 2.59. The first kappa shape index (κ1) is 13.2. The predicted octanol–water partition coefficient (Wildman–Crippen LogP) is 0.534. The topological polar surface area (TPSA) is 66.4 Å². The SMILES string of the molecule is CCOC(=O)/C(=N\OC)C1(CCl)OCCO1. The van der Waals surface area contributed by atoms with Gasteiger partial charge in [-0.05, 0) is 6.92 Å². The highest BCUT2D eigenvalue weighted by Gasteiger charge is 2.46. The van der Waals surface area contributed by atoms with Crippen molar-refractivity contribution in [1.29, 1.82) is 0 Å². The first-order valence-electron chi connectivity index (χ1n) is 4.82. The van der Waals surface area contributed by atoms with Crippen molar-refractivity contribution in [3.63, 3.8) is 0 Å². The Balaban J connectivity index is 2.91. The Kier molecular flexibility index (Phi) is 4.98. The van der Waals surface area contributed by atoms with E-state index < -0.39 is 11.8 Å². The van der Waals surface area contributed by atoms with E-state index in [9.17, 15) is 4.79 Å². The van der Waals surface area contributed by atoms with Crippen LogP contribution in [-0.2, 0) is 23.8 Å². The van der Waals surface area contributed by atoms with Gasteiger partial charge in [0.15, 0.2) is 0 Å². The quantitative estimate of drug-likeness (QED) is 0.309. The van der Waals surface area contributed by atoms with Crippen molar-refractivity contribution in [3.8, 4) is 0 Å². The third-order valence-corrected chi connectivity index (χ3v) is 2.29. The highest BCUT2D eigenvalue weighted by atomic mass is 35.5. The molecule has 1 aliphatic heterocycles. The van der Waals surface area contributed by atoms with Gasteiger partial charge in [0, 0.05) is 0 Å². The lowest BCUT2D eigenvalue weighted by molar-refractivity contribution is -0.140. The summed E-state index contributed by atoms with van der Waals surface area (Å²) >= 11 is 5.75. The molecule has 0 saturated carbocycles. The first-order chi connectivity index (χ1) is 7.70. The van der Waals surface area contributed by atoms with E-state index in [1.807, 2.05) is 0 Å². The van der Waals surface area contributed by atoms with Gasteiger partial charge in [-0.1, -0.05) is 5.16 Å². The lowest BCUT2D eigenvalue weighted by atomic mass is 10.2. The third-order valence-electron chi connectivity index (χ3n) is 1.94. The van der Waals surface area contributed by atoms with Crippen molar-refractivity contribution in [3.05, 3.63) is 0 Å². The molecule has 0 spiro atoms. The number of hydrogen-bond acceptors (Lipinski definition) is 6. The van der Waals surface area contributed by atoms with Crippen molar-refractivity contribution in [1.82, 2.24) is 0 Å². The van der Waals surface area contributed by atoms with Crippen molar-refractivity contribution in [2.75, 3.05) is 32.8 Å². The molecule has 1 rings (SSSR count). The zero-order valence-corrected chi connectivity index (χ0v) is 9.95. The van der Waals surface area contributed by atoms with Crippen LogP contribution < -0.4 is 0 Å². The number of oxime groups is 1. The van der Waals surface area contributed by atoms with E-state index in [4.69, 9.17) is 25.8 Å². The summed E-state index contributed by atoms with van der Waals surface area (Å²) in [5, 5.41) is 3.58. The summed E-state index contributed by atoms with van der Waals surface area (Å²) < 4.78 is 15.4. The molecular weight excluding hydrogens is 238 g/mol. The van der Waals surface area contributed by atoms with Gasteiger partial charge >= 0.3 is 5.97 Å². The molecule has 0 atom stereocenters. The molecule has 1 fully saturated rings. The number of carbonyl (C=O) groups is 1. The van der Waals surface area contributed by atoms with Crippen molar-refractivity contribution >= 4 is 23.3 Å². The number of esters is 1. The molecule has 1 saturated heterocycles. The van der Waals surface area contributed by atoms with E-state index in [1.54, 1.807) is 6.92 Å².